The molecule has 1 aliphatic rings. The lowest BCUT2D eigenvalue weighted by Crippen LogP contribution is -2.29. The first-order chi connectivity index (χ1) is 17.2. The van der Waals surface area contributed by atoms with Gasteiger partial charge in [0, 0.05) is 10.4 Å². The van der Waals surface area contributed by atoms with Crippen molar-refractivity contribution in [3.05, 3.63) is 68.4 Å². The summed E-state index contributed by atoms with van der Waals surface area (Å²) in [6, 6.07) is 9.43. The van der Waals surface area contributed by atoms with Crippen LogP contribution in [0.3, 0.4) is 0 Å². The van der Waals surface area contributed by atoms with E-state index in [1.807, 2.05) is 19.2 Å². The second-order valence-electron chi connectivity index (χ2n) is 8.55. The predicted octanol–water partition coefficient (Wildman–Crippen LogP) is 5.35. The minimum absolute atomic E-state index is 0.0381. The van der Waals surface area contributed by atoms with Gasteiger partial charge in [0.05, 0.1) is 24.5 Å². The van der Waals surface area contributed by atoms with Gasteiger partial charge in [-0.25, -0.2) is 9.78 Å². The molecule has 1 aromatic carbocycles. The van der Waals surface area contributed by atoms with Crippen LogP contribution in [0.2, 0.25) is 0 Å². The summed E-state index contributed by atoms with van der Waals surface area (Å²) in [7, 11) is 0. The van der Waals surface area contributed by atoms with E-state index >= 15 is 0 Å². The molecule has 1 saturated heterocycles. The molecule has 0 saturated carbocycles. The van der Waals surface area contributed by atoms with Crippen molar-refractivity contribution in [3.63, 3.8) is 0 Å². The van der Waals surface area contributed by atoms with Gasteiger partial charge in [-0.1, -0.05) is 31.3 Å². The van der Waals surface area contributed by atoms with Crippen LogP contribution in [0.5, 0.6) is 5.75 Å². The highest BCUT2D eigenvalue weighted by Gasteiger charge is 2.49. The Bertz CT molecular complexity index is 1310. The maximum Gasteiger partial charge on any atom is 0.350 e. The van der Waals surface area contributed by atoms with Crippen LogP contribution in [0.25, 0.3) is 5.76 Å². The normalized spacial score (nSPS) is 17.1. The van der Waals surface area contributed by atoms with Gasteiger partial charge in [0.2, 0.25) is 0 Å². The van der Waals surface area contributed by atoms with Gasteiger partial charge in [0.1, 0.15) is 22.4 Å². The fourth-order valence-electron chi connectivity index (χ4n) is 3.74. The molecule has 4 rings (SSSR count). The van der Waals surface area contributed by atoms with Gasteiger partial charge < -0.3 is 14.6 Å². The molecule has 0 radical (unpaired) electrons. The molecule has 36 heavy (non-hydrogen) atoms. The zero-order valence-corrected chi connectivity index (χ0v) is 21.9. The van der Waals surface area contributed by atoms with Crippen LogP contribution >= 0.6 is 22.7 Å². The number of Topliss-reactive ketones (excluding diaryl/α,β-unsaturated/α-hetero) is 1. The summed E-state index contributed by atoms with van der Waals surface area (Å²) in [4.78, 5) is 45.4. The van der Waals surface area contributed by atoms with Crippen LogP contribution in [0, 0.1) is 12.8 Å². The number of aromatic nitrogens is 1. The average molecular weight is 527 g/mol. The number of hydrogen-bond acceptors (Lipinski definition) is 9. The van der Waals surface area contributed by atoms with E-state index in [0.717, 1.165) is 11.3 Å². The van der Waals surface area contributed by atoms with E-state index < -0.39 is 23.7 Å². The van der Waals surface area contributed by atoms with Gasteiger partial charge in [-0.05, 0) is 55.5 Å². The summed E-state index contributed by atoms with van der Waals surface area (Å²) in [5, 5.41) is 13.2. The molecule has 3 aromatic rings. The Kier molecular flexibility index (Phi) is 7.56. The zero-order chi connectivity index (χ0) is 26.0. The third-order valence-electron chi connectivity index (χ3n) is 5.42. The molecule has 1 amide bonds. The summed E-state index contributed by atoms with van der Waals surface area (Å²) >= 11 is 2.33. The average Bonchev–Trinajstić information content (AvgIpc) is 3.57. The molecular formula is C26H26N2O6S2. The number of thiazole rings is 1. The molecule has 1 fully saturated rings. The quantitative estimate of drug-likeness (QED) is 0.182. The number of anilines is 1. The summed E-state index contributed by atoms with van der Waals surface area (Å²) in [5.41, 5.74) is 0.745. The Morgan fingerprint density at radius 2 is 1.92 bits per heavy atom. The van der Waals surface area contributed by atoms with Crippen LogP contribution in [0.4, 0.5) is 5.13 Å². The number of thiophene rings is 1. The van der Waals surface area contributed by atoms with Gasteiger partial charge >= 0.3 is 11.9 Å². The zero-order valence-electron chi connectivity index (χ0n) is 20.3. The van der Waals surface area contributed by atoms with Crippen LogP contribution in [-0.2, 0) is 14.3 Å². The molecular weight excluding hydrogens is 500 g/mol. The van der Waals surface area contributed by atoms with E-state index in [1.165, 1.54) is 16.2 Å². The van der Waals surface area contributed by atoms with E-state index in [1.54, 1.807) is 50.2 Å². The second kappa shape index (κ2) is 10.6. The summed E-state index contributed by atoms with van der Waals surface area (Å²) in [6.07, 6.45) is 0. The standard InChI is InChI=1S/C26H26N2O6S2/c1-5-33-25(32)23-15(4)27-26(36-23)28-20(18-7-6-12-35-18)19(22(30)24(28)31)21(29)16-8-10-17(11-9-16)34-13-14(2)3/h6-12,14,20,29H,5,13H2,1-4H3/b21-19+. The third kappa shape index (κ3) is 4.91. The molecule has 1 aliphatic heterocycles. The van der Waals surface area contributed by atoms with Gasteiger partial charge in [0.25, 0.3) is 5.78 Å². The molecule has 0 aliphatic carbocycles. The second-order valence-corrected chi connectivity index (χ2v) is 10.5. The predicted molar refractivity (Wildman–Crippen MR) is 139 cm³/mol. The molecule has 0 bridgehead atoms. The highest BCUT2D eigenvalue weighted by Crippen LogP contribution is 2.45. The van der Waals surface area contributed by atoms with E-state index in [0.29, 0.717) is 34.4 Å². The van der Waals surface area contributed by atoms with Crippen molar-refractivity contribution < 1.29 is 29.0 Å². The number of carbonyl (C=O) groups excluding carboxylic acids is 3. The molecule has 1 N–H and O–H groups in total. The number of nitrogens with zero attached hydrogens (tertiary/aromatic N) is 2. The minimum atomic E-state index is -0.887. The molecule has 3 heterocycles. The van der Waals surface area contributed by atoms with Crippen molar-refractivity contribution in [3.8, 4) is 5.75 Å². The van der Waals surface area contributed by atoms with Crippen molar-refractivity contribution in [2.24, 2.45) is 5.92 Å². The number of aryl methyl sites for hydroxylation is 1. The van der Waals surface area contributed by atoms with E-state index in [-0.39, 0.29) is 27.9 Å². The number of hydrogen-bond donors (Lipinski definition) is 1. The molecule has 8 nitrogen and oxygen atoms in total. The van der Waals surface area contributed by atoms with Gasteiger partial charge in [-0.15, -0.1) is 11.3 Å². The van der Waals surface area contributed by atoms with E-state index in [4.69, 9.17) is 9.47 Å². The van der Waals surface area contributed by atoms with Gasteiger partial charge in [0.15, 0.2) is 5.13 Å². The number of ether oxygens (including phenoxy) is 2. The first-order valence-electron chi connectivity index (χ1n) is 11.4. The Labute approximate surface area is 216 Å². The number of esters is 1. The summed E-state index contributed by atoms with van der Waals surface area (Å²) in [5.74, 6) is -1.47. The van der Waals surface area contributed by atoms with Crippen LogP contribution in [-0.4, -0.2) is 41.0 Å². The first kappa shape index (κ1) is 25.6. The molecule has 10 heteroatoms. The van der Waals surface area contributed by atoms with Crippen molar-refractivity contribution in [1.82, 2.24) is 4.98 Å². The number of benzene rings is 1. The Balaban J connectivity index is 1.77. The molecule has 188 valence electrons. The third-order valence-corrected chi connectivity index (χ3v) is 7.48. The Morgan fingerprint density at radius 3 is 2.53 bits per heavy atom. The lowest BCUT2D eigenvalue weighted by atomic mass is 10.00. The van der Waals surface area contributed by atoms with Crippen LogP contribution < -0.4 is 9.64 Å². The van der Waals surface area contributed by atoms with Crippen molar-refractivity contribution in [2.75, 3.05) is 18.1 Å². The van der Waals surface area contributed by atoms with Gasteiger partial charge in [-0.3, -0.25) is 14.5 Å². The largest absolute Gasteiger partial charge is 0.507 e. The first-order valence-corrected chi connectivity index (χ1v) is 13.1. The molecule has 0 spiro atoms. The summed E-state index contributed by atoms with van der Waals surface area (Å²) in [6.45, 7) is 8.19. The minimum Gasteiger partial charge on any atom is -0.507 e. The topological polar surface area (TPSA) is 106 Å². The number of rotatable bonds is 8. The van der Waals surface area contributed by atoms with Crippen LogP contribution in [0.1, 0.15) is 52.6 Å². The number of carbonyl (C=O) groups is 3. The lowest BCUT2D eigenvalue weighted by molar-refractivity contribution is -0.132. The summed E-state index contributed by atoms with van der Waals surface area (Å²) < 4.78 is 10.8. The number of amides is 1. The van der Waals surface area contributed by atoms with Gasteiger partial charge in [-0.2, -0.15) is 0 Å². The van der Waals surface area contributed by atoms with Crippen molar-refractivity contribution >= 4 is 51.2 Å². The van der Waals surface area contributed by atoms with E-state index in [2.05, 4.69) is 4.98 Å². The maximum atomic E-state index is 13.2. The maximum absolute atomic E-state index is 13.2. The molecule has 2 aromatic heterocycles. The van der Waals surface area contributed by atoms with E-state index in [9.17, 15) is 19.5 Å². The highest BCUT2D eigenvalue weighted by atomic mass is 32.1. The smallest absolute Gasteiger partial charge is 0.350 e. The highest BCUT2D eigenvalue weighted by molar-refractivity contribution is 7.18. The number of aliphatic hydroxyl groups excluding tert-OH is 1. The number of ketones is 1. The SMILES string of the molecule is CCOC(=O)c1sc(N2C(=O)C(=O)/C(=C(/O)c3ccc(OCC(C)C)cc3)C2c2cccs2)nc1C. The van der Waals surface area contributed by atoms with Crippen LogP contribution in [0.15, 0.2) is 47.4 Å². The fraction of sp³-hybridized carbons (Fsp3) is 0.308. The Hall–Kier alpha value is -3.50. The number of aliphatic hydroxyl groups is 1. The van der Waals surface area contributed by atoms with Crippen molar-refractivity contribution in [1.29, 1.82) is 0 Å². The molecule has 1 unspecified atom stereocenters. The molecule has 1 atom stereocenters. The lowest BCUT2D eigenvalue weighted by Gasteiger charge is -2.21. The Morgan fingerprint density at radius 1 is 1.19 bits per heavy atom. The van der Waals surface area contributed by atoms with Crippen molar-refractivity contribution in [2.45, 2.75) is 33.7 Å². The fourth-order valence-corrected chi connectivity index (χ4v) is 5.56. The monoisotopic (exact) mass is 526 g/mol.